The number of hydrogen-bond donors (Lipinski definition) is 3. The van der Waals surface area contributed by atoms with Gasteiger partial charge in [-0.05, 0) is 38.5 Å². The summed E-state index contributed by atoms with van der Waals surface area (Å²) in [5, 5.41) is 8.87. The Kier molecular flexibility index (Phi) is 6.48. The lowest BCUT2D eigenvalue weighted by Crippen LogP contribution is -2.44. The average molecular weight is 298 g/mol. The molecule has 2 amide bonds. The smallest absolute Gasteiger partial charge is 0.238 e. The van der Waals surface area contributed by atoms with E-state index < -0.39 is 6.04 Å². The molecule has 0 bridgehead atoms. The zero-order valence-electron chi connectivity index (χ0n) is 11.9. The summed E-state index contributed by atoms with van der Waals surface area (Å²) < 4.78 is 0. The van der Waals surface area contributed by atoms with Crippen molar-refractivity contribution in [2.45, 2.75) is 26.8 Å². The number of amides is 2. The van der Waals surface area contributed by atoms with E-state index in [0.29, 0.717) is 17.3 Å². The highest BCUT2D eigenvalue weighted by Gasteiger charge is 2.13. The molecule has 1 unspecified atom stereocenters. The normalized spacial score (nSPS) is 11.8. The van der Waals surface area contributed by atoms with Crippen molar-refractivity contribution in [3.8, 4) is 0 Å². The molecule has 6 heteroatoms. The van der Waals surface area contributed by atoms with E-state index in [0.717, 1.165) is 5.56 Å². The van der Waals surface area contributed by atoms with E-state index in [4.69, 9.17) is 11.6 Å². The van der Waals surface area contributed by atoms with Gasteiger partial charge in [0.1, 0.15) is 0 Å². The number of nitrogens with one attached hydrogen (secondary N) is 3. The summed E-state index contributed by atoms with van der Waals surface area (Å²) in [6.45, 7) is 6.07. The van der Waals surface area contributed by atoms with Crippen LogP contribution in [-0.4, -0.2) is 30.9 Å². The summed E-state index contributed by atoms with van der Waals surface area (Å²) in [6, 6.07) is 4.88. The van der Waals surface area contributed by atoms with Crippen molar-refractivity contribution >= 4 is 29.1 Å². The molecule has 1 aromatic rings. The molecule has 0 heterocycles. The summed E-state index contributed by atoms with van der Waals surface area (Å²) in [7, 11) is 0. The zero-order chi connectivity index (χ0) is 15.1. The van der Waals surface area contributed by atoms with Crippen LogP contribution in [0, 0.1) is 6.92 Å². The molecule has 0 fully saturated rings. The van der Waals surface area contributed by atoms with Crippen LogP contribution < -0.4 is 16.0 Å². The van der Waals surface area contributed by atoms with Gasteiger partial charge in [0.15, 0.2) is 0 Å². The molecule has 0 aliphatic carbocycles. The van der Waals surface area contributed by atoms with E-state index in [9.17, 15) is 9.59 Å². The quantitative estimate of drug-likeness (QED) is 0.748. The highest BCUT2D eigenvalue weighted by molar-refractivity contribution is 6.31. The summed E-state index contributed by atoms with van der Waals surface area (Å²) in [5.74, 6) is -0.342. The summed E-state index contributed by atoms with van der Waals surface area (Å²) in [4.78, 5) is 23.3. The Morgan fingerprint density at radius 2 is 2.05 bits per heavy atom. The van der Waals surface area contributed by atoms with Gasteiger partial charge in [-0.2, -0.15) is 0 Å². The first kappa shape index (κ1) is 16.5. The molecule has 0 spiro atoms. The van der Waals surface area contributed by atoms with Crippen LogP contribution in [-0.2, 0) is 9.59 Å². The average Bonchev–Trinajstić information content (AvgIpc) is 2.40. The first-order valence-electron chi connectivity index (χ1n) is 6.51. The minimum Gasteiger partial charge on any atom is -0.355 e. The maximum atomic E-state index is 11.8. The number of anilines is 1. The van der Waals surface area contributed by atoms with Crippen molar-refractivity contribution < 1.29 is 9.59 Å². The van der Waals surface area contributed by atoms with Crippen LogP contribution in [0.1, 0.15) is 19.4 Å². The first-order valence-corrected chi connectivity index (χ1v) is 6.89. The fraction of sp³-hybridized carbons (Fsp3) is 0.429. The molecule has 0 aliphatic heterocycles. The molecule has 20 heavy (non-hydrogen) atoms. The minimum atomic E-state index is -0.416. The number of carbonyl (C=O) groups is 2. The molecule has 1 rings (SSSR count). The molecule has 0 aromatic heterocycles. The molecule has 5 nitrogen and oxygen atoms in total. The van der Waals surface area contributed by atoms with E-state index in [1.165, 1.54) is 0 Å². The van der Waals surface area contributed by atoms with Crippen LogP contribution in [0.15, 0.2) is 18.2 Å². The number of carbonyl (C=O) groups excluding carboxylic acids is 2. The van der Waals surface area contributed by atoms with Crippen molar-refractivity contribution in [3.63, 3.8) is 0 Å². The molecular formula is C14H20ClN3O2. The second-order valence-corrected chi connectivity index (χ2v) is 4.94. The van der Waals surface area contributed by atoms with E-state index in [2.05, 4.69) is 16.0 Å². The van der Waals surface area contributed by atoms with Crippen molar-refractivity contribution in [2.24, 2.45) is 0 Å². The van der Waals surface area contributed by atoms with Gasteiger partial charge in [0.05, 0.1) is 12.6 Å². The second-order valence-electron chi connectivity index (χ2n) is 4.50. The van der Waals surface area contributed by atoms with Gasteiger partial charge in [0, 0.05) is 17.3 Å². The topological polar surface area (TPSA) is 70.2 Å². The third kappa shape index (κ3) is 5.19. The molecule has 0 radical (unpaired) electrons. The number of aryl methyl sites for hydroxylation is 1. The van der Waals surface area contributed by atoms with Crippen molar-refractivity contribution in [1.29, 1.82) is 0 Å². The monoisotopic (exact) mass is 297 g/mol. The van der Waals surface area contributed by atoms with Gasteiger partial charge >= 0.3 is 0 Å². The Balaban J connectivity index is 2.48. The molecule has 0 saturated heterocycles. The molecule has 110 valence electrons. The Hall–Kier alpha value is -1.59. The molecule has 1 atom stereocenters. The van der Waals surface area contributed by atoms with Crippen LogP contribution >= 0.6 is 11.6 Å². The lowest BCUT2D eigenvalue weighted by molar-refractivity contribution is -0.122. The van der Waals surface area contributed by atoms with Crippen molar-refractivity contribution in [1.82, 2.24) is 10.6 Å². The maximum absolute atomic E-state index is 11.8. The largest absolute Gasteiger partial charge is 0.355 e. The van der Waals surface area contributed by atoms with E-state index in [1.807, 2.05) is 19.9 Å². The third-order valence-electron chi connectivity index (χ3n) is 2.79. The summed E-state index contributed by atoms with van der Waals surface area (Å²) >= 11 is 5.88. The van der Waals surface area contributed by atoms with Crippen LogP contribution in [0.5, 0.6) is 0 Å². The molecule has 0 saturated carbocycles. The lowest BCUT2D eigenvalue weighted by Gasteiger charge is -2.14. The van der Waals surface area contributed by atoms with Gasteiger partial charge in [-0.25, -0.2) is 0 Å². The van der Waals surface area contributed by atoms with E-state index in [-0.39, 0.29) is 18.4 Å². The minimum absolute atomic E-state index is 0.0598. The van der Waals surface area contributed by atoms with Gasteiger partial charge in [-0.3, -0.25) is 14.9 Å². The molecule has 0 aliphatic rings. The Labute approximate surface area is 124 Å². The highest BCUT2D eigenvalue weighted by Crippen LogP contribution is 2.19. The highest BCUT2D eigenvalue weighted by atomic mass is 35.5. The number of rotatable bonds is 6. The number of likely N-dealkylation sites (N-methyl/N-ethyl adjacent to an activating group) is 1. The maximum Gasteiger partial charge on any atom is 0.238 e. The lowest BCUT2D eigenvalue weighted by atomic mass is 10.2. The van der Waals surface area contributed by atoms with Crippen LogP contribution in [0.25, 0.3) is 0 Å². The number of hydrogen-bond acceptors (Lipinski definition) is 3. The van der Waals surface area contributed by atoms with Gasteiger partial charge in [0.25, 0.3) is 0 Å². The fourth-order valence-electron chi connectivity index (χ4n) is 1.59. The Morgan fingerprint density at radius 3 is 2.70 bits per heavy atom. The van der Waals surface area contributed by atoms with Crippen LogP contribution in [0.2, 0.25) is 5.02 Å². The van der Waals surface area contributed by atoms with E-state index >= 15 is 0 Å². The van der Waals surface area contributed by atoms with E-state index in [1.54, 1.807) is 19.1 Å². The summed E-state index contributed by atoms with van der Waals surface area (Å²) in [6.07, 6.45) is 0. The molecule has 1 aromatic carbocycles. The standard InChI is InChI=1S/C14H20ClN3O2/c1-4-16-14(20)10(3)17-8-13(19)18-12-7-11(15)6-5-9(12)2/h5-7,10,17H,4,8H2,1-3H3,(H,16,20)(H,18,19). The molecule has 3 N–H and O–H groups in total. The van der Waals surface area contributed by atoms with Gasteiger partial charge in [0.2, 0.25) is 11.8 Å². The predicted molar refractivity (Wildman–Crippen MR) is 81.0 cm³/mol. The molecular weight excluding hydrogens is 278 g/mol. The second kappa shape index (κ2) is 7.87. The SMILES string of the molecule is CCNC(=O)C(C)NCC(=O)Nc1cc(Cl)ccc1C. The van der Waals surface area contributed by atoms with Gasteiger partial charge in [-0.1, -0.05) is 17.7 Å². The predicted octanol–water partition coefficient (Wildman–Crippen LogP) is 1.70. The Morgan fingerprint density at radius 1 is 1.35 bits per heavy atom. The van der Waals surface area contributed by atoms with Crippen molar-refractivity contribution in [2.75, 3.05) is 18.4 Å². The van der Waals surface area contributed by atoms with Crippen molar-refractivity contribution in [3.05, 3.63) is 28.8 Å². The Bertz CT molecular complexity index is 491. The first-order chi connectivity index (χ1) is 9.43. The van der Waals surface area contributed by atoms with Gasteiger partial charge in [-0.15, -0.1) is 0 Å². The van der Waals surface area contributed by atoms with Crippen LogP contribution in [0.3, 0.4) is 0 Å². The van der Waals surface area contributed by atoms with Crippen LogP contribution in [0.4, 0.5) is 5.69 Å². The number of halogens is 1. The number of benzene rings is 1. The summed E-state index contributed by atoms with van der Waals surface area (Å²) in [5.41, 5.74) is 1.61. The zero-order valence-corrected chi connectivity index (χ0v) is 12.7. The fourth-order valence-corrected chi connectivity index (χ4v) is 1.76. The van der Waals surface area contributed by atoms with Gasteiger partial charge < -0.3 is 10.6 Å². The third-order valence-corrected chi connectivity index (χ3v) is 3.02.